The SMILES string of the molecule is c1ccc(Sc2cnc(-c3cccc4c3oc3ccc(-c5nc(-c6ccccc6)nc(-c6cccc(-c7ccccc7)c6)n5)cc34)nc2-c2ccccc2)cc1. The molecule has 0 aliphatic heterocycles. The van der Waals surface area contributed by atoms with Gasteiger partial charge in [0.2, 0.25) is 0 Å². The van der Waals surface area contributed by atoms with Crippen LogP contribution in [0.1, 0.15) is 0 Å². The molecule has 0 fully saturated rings. The topological polar surface area (TPSA) is 77.6 Å². The monoisotopic (exact) mass is 737 g/mol. The molecular weight excluding hydrogens is 707 g/mol. The fraction of sp³-hybridized carbons (Fsp3) is 0. The summed E-state index contributed by atoms with van der Waals surface area (Å²) < 4.78 is 6.60. The maximum atomic E-state index is 6.60. The highest BCUT2D eigenvalue weighted by Crippen LogP contribution is 2.40. The zero-order chi connectivity index (χ0) is 37.3. The minimum Gasteiger partial charge on any atom is -0.455 e. The van der Waals surface area contributed by atoms with E-state index in [2.05, 4.69) is 60.7 Å². The molecule has 0 amide bonds. The van der Waals surface area contributed by atoms with Gasteiger partial charge in [0.15, 0.2) is 23.3 Å². The van der Waals surface area contributed by atoms with Gasteiger partial charge in [-0.1, -0.05) is 151 Å². The van der Waals surface area contributed by atoms with E-state index in [1.807, 2.05) is 128 Å². The quantitative estimate of drug-likeness (QED) is 0.154. The molecule has 7 heteroatoms. The van der Waals surface area contributed by atoms with Crippen molar-refractivity contribution in [1.82, 2.24) is 24.9 Å². The third-order valence-electron chi connectivity index (χ3n) is 9.66. The number of nitrogens with zero attached hydrogens (tertiary/aromatic N) is 5. The maximum Gasteiger partial charge on any atom is 0.164 e. The summed E-state index contributed by atoms with van der Waals surface area (Å²) in [6.07, 6.45) is 1.92. The fourth-order valence-electron chi connectivity index (χ4n) is 6.93. The molecule has 264 valence electrons. The summed E-state index contributed by atoms with van der Waals surface area (Å²) in [7, 11) is 0. The molecule has 0 radical (unpaired) electrons. The standard InChI is InChI=1S/C49H31N5OS/c1-5-15-32(16-6-1)35-21-13-22-36(29-35)47-52-46(34-19-9-3-10-20-34)53-48(54-47)37-27-28-42-41(30-37)39-25-14-26-40(45(39)55-42)49-50-31-43(56-38-23-11-4-12-24-38)44(51-49)33-17-7-2-8-18-33/h1-31H. The third kappa shape index (κ3) is 6.50. The van der Waals surface area contributed by atoms with Crippen molar-refractivity contribution in [2.45, 2.75) is 9.79 Å². The van der Waals surface area contributed by atoms with Crippen LogP contribution in [-0.4, -0.2) is 24.9 Å². The minimum absolute atomic E-state index is 0.578. The predicted molar refractivity (Wildman–Crippen MR) is 226 cm³/mol. The van der Waals surface area contributed by atoms with Crippen LogP contribution in [0.4, 0.5) is 0 Å². The van der Waals surface area contributed by atoms with E-state index < -0.39 is 0 Å². The summed E-state index contributed by atoms with van der Waals surface area (Å²) in [5.74, 6) is 2.38. The summed E-state index contributed by atoms with van der Waals surface area (Å²) in [5, 5.41) is 1.91. The van der Waals surface area contributed by atoms with Gasteiger partial charge in [0.1, 0.15) is 11.2 Å². The van der Waals surface area contributed by atoms with Crippen LogP contribution in [0.5, 0.6) is 0 Å². The van der Waals surface area contributed by atoms with Crippen LogP contribution in [0, 0.1) is 0 Å². The summed E-state index contributed by atoms with van der Waals surface area (Å²) in [4.78, 5) is 27.3. The van der Waals surface area contributed by atoms with Gasteiger partial charge in [-0.3, -0.25) is 0 Å². The van der Waals surface area contributed by atoms with Gasteiger partial charge in [0, 0.05) is 44.1 Å². The van der Waals surface area contributed by atoms with Gasteiger partial charge in [-0.25, -0.2) is 24.9 Å². The van der Waals surface area contributed by atoms with Gasteiger partial charge in [-0.15, -0.1) is 0 Å². The second-order valence-electron chi connectivity index (χ2n) is 13.3. The van der Waals surface area contributed by atoms with Gasteiger partial charge >= 0.3 is 0 Å². The minimum atomic E-state index is 0.578. The van der Waals surface area contributed by atoms with Crippen molar-refractivity contribution >= 4 is 33.7 Å². The second-order valence-corrected chi connectivity index (χ2v) is 14.4. The van der Waals surface area contributed by atoms with Gasteiger partial charge in [-0.2, -0.15) is 0 Å². The van der Waals surface area contributed by atoms with Crippen molar-refractivity contribution in [2.75, 3.05) is 0 Å². The molecule has 0 N–H and O–H groups in total. The van der Waals surface area contributed by atoms with E-state index in [1.165, 1.54) is 0 Å². The predicted octanol–water partition coefficient (Wildman–Crippen LogP) is 12.7. The van der Waals surface area contributed by atoms with Crippen LogP contribution in [-0.2, 0) is 0 Å². The molecule has 7 aromatic carbocycles. The number of furan rings is 1. The average molecular weight is 738 g/mol. The smallest absolute Gasteiger partial charge is 0.164 e. The summed E-state index contributed by atoms with van der Waals surface area (Å²) in [6.45, 7) is 0. The summed E-state index contributed by atoms with van der Waals surface area (Å²) in [6, 6.07) is 61.5. The van der Waals surface area contributed by atoms with E-state index in [4.69, 9.17) is 29.3 Å². The molecule has 0 saturated heterocycles. The maximum absolute atomic E-state index is 6.60. The van der Waals surface area contributed by atoms with Crippen molar-refractivity contribution in [3.8, 4) is 67.9 Å². The Morgan fingerprint density at radius 3 is 1.68 bits per heavy atom. The van der Waals surface area contributed by atoms with E-state index in [0.717, 1.165) is 76.4 Å². The van der Waals surface area contributed by atoms with Crippen molar-refractivity contribution in [3.05, 3.63) is 188 Å². The van der Waals surface area contributed by atoms with Crippen molar-refractivity contribution in [3.63, 3.8) is 0 Å². The summed E-state index contributed by atoms with van der Waals surface area (Å²) in [5.41, 5.74) is 9.10. The number of fused-ring (bicyclic) bond motifs is 3. The van der Waals surface area contributed by atoms with E-state index >= 15 is 0 Å². The lowest BCUT2D eigenvalue weighted by molar-refractivity contribution is 0.669. The Labute approximate surface area is 327 Å². The highest BCUT2D eigenvalue weighted by Gasteiger charge is 2.19. The van der Waals surface area contributed by atoms with Crippen LogP contribution in [0.25, 0.3) is 89.9 Å². The lowest BCUT2D eigenvalue weighted by atomic mass is 10.0. The highest BCUT2D eigenvalue weighted by atomic mass is 32.2. The molecule has 10 rings (SSSR count). The average Bonchev–Trinajstić information content (AvgIpc) is 3.66. The van der Waals surface area contributed by atoms with Crippen LogP contribution < -0.4 is 0 Å². The molecule has 3 heterocycles. The Hall–Kier alpha value is -7.22. The molecule has 0 spiro atoms. The van der Waals surface area contributed by atoms with Crippen molar-refractivity contribution in [2.24, 2.45) is 0 Å². The largest absolute Gasteiger partial charge is 0.455 e. The molecule has 0 bridgehead atoms. The molecule has 0 aliphatic rings. The van der Waals surface area contributed by atoms with E-state index in [1.54, 1.807) is 11.8 Å². The third-order valence-corrected chi connectivity index (χ3v) is 10.7. The Morgan fingerprint density at radius 2 is 0.964 bits per heavy atom. The first-order chi connectivity index (χ1) is 27.7. The Morgan fingerprint density at radius 1 is 0.393 bits per heavy atom. The number of aromatic nitrogens is 5. The highest BCUT2D eigenvalue weighted by molar-refractivity contribution is 7.99. The molecule has 0 aliphatic carbocycles. The van der Waals surface area contributed by atoms with E-state index in [9.17, 15) is 0 Å². The first-order valence-corrected chi connectivity index (χ1v) is 19.1. The Kier molecular flexibility index (Phi) is 8.67. The molecular formula is C49H31N5OS. The van der Waals surface area contributed by atoms with E-state index in [0.29, 0.717) is 23.3 Å². The first-order valence-electron chi connectivity index (χ1n) is 18.3. The molecule has 3 aromatic heterocycles. The Balaban J connectivity index is 1.08. The fourth-order valence-corrected chi connectivity index (χ4v) is 7.84. The van der Waals surface area contributed by atoms with E-state index in [-0.39, 0.29) is 0 Å². The van der Waals surface area contributed by atoms with Crippen molar-refractivity contribution in [1.29, 1.82) is 0 Å². The first kappa shape index (κ1) is 33.4. The Bertz CT molecular complexity index is 2990. The number of benzene rings is 7. The summed E-state index contributed by atoms with van der Waals surface area (Å²) >= 11 is 1.65. The van der Waals surface area contributed by atoms with Gasteiger partial charge in [0.25, 0.3) is 0 Å². The van der Waals surface area contributed by atoms with Gasteiger partial charge < -0.3 is 4.42 Å². The normalized spacial score (nSPS) is 11.3. The molecule has 6 nitrogen and oxygen atoms in total. The van der Waals surface area contributed by atoms with Crippen LogP contribution in [0.15, 0.2) is 202 Å². The zero-order valence-electron chi connectivity index (χ0n) is 30.0. The number of rotatable bonds is 8. The lowest BCUT2D eigenvalue weighted by Gasteiger charge is -2.11. The number of para-hydroxylation sites is 1. The van der Waals surface area contributed by atoms with Crippen molar-refractivity contribution < 1.29 is 4.42 Å². The van der Waals surface area contributed by atoms with Crippen LogP contribution >= 0.6 is 11.8 Å². The number of hydrogen-bond acceptors (Lipinski definition) is 7. The molecule has 10 aromatic rings. The zero-order valence-corrected chi connectivity index (χ0v) is 30.8. The van der Waals surface area contributed by atoms with Gasteiger partial charge in [0.05, 0.1) is 16.2 Å². The molecule has 56 heavy (non-hydrogen) atoms. The molecule has 0 unspecified atom stereocenters. The van der Waals surface area contributed by atoms with Gasteiger partial charge in [-0.05, 0) is 53.6 Å². The number of hydrogen-bond donors (Lipinski definition) is 0. The van der Waals surface area contributed by atoms with Crippen LogP contribution in [0.2, 0.25) is 0 Å². The molecule has 0 atom stereocenters. The second kappa shape index (κ2) is 14.5. The lowest BCUT2D eigenvalue weighted by Crippen LogP contribution is -2.00. The van der Waals surface area contributed by atoms with Crippen LogP contribution in [0.3, 0.4) is 0 Å². The molecule has 0 saturated carbocycles.